The predicted octanol–water partition coefficient (Wildman–Crippen LogP) is 2.85. The molecule has 1 fully saturated rings. The molecule has 0 radical (unpaired) electrons. The van der Waals surface area contributed by atoms with Crippen LogP contribution in [0.25, 0.3) is 0 Å². The lowest BCUT2D eigenvalue weighted by Crippen LogP contribution is -2.49. The van der Waals surface area contributed by atoms with Gasteiger partial charge in [0.2, 0.25) is 5.91 Å². The van der Waals surface area contributed by atoms with Crippen molar-refractivity contribution in [3.05, 3.63) is 71.8 Å². The topological polar surface area (TPSA) is 61.6 Å². The van der Waals surface area contributed by atoms with Crippen LogP contribution in [0.1, 0.15) is 24.0 Å². The highest BCUT2D eigenvalue weighted by molar-refractivity contribution is 5.74. The lowest BCUT2D eigenvalue weighted by molar-refractivity contribution is -0.291. The molecule has 0 spiro atoms. The molecule has 0 aliphatic carbocycles. The number of benzene rings is 2. The highest BCUT2D eigenvalue weighted by atomic mass is 16.7. The smallest absolute Gasteiger partial charge is 0.220 e. The predicted molar refractivity (Wildman–Crippen MR) is 92.3 cm³/mol. The fraction of sp³-hybridized carbons (Fsp3) is 0.350. The Kier molecular flexibility index (Phi) is 5.28. The summed E-state index contributed by atoms with van der Waals surface area (Å²) in [5.74, 6) is -1.10. The molecule has 0 aromatic heterocycles. The van der Waals surface area contributed by atoms with Crippen molar-refractivity contribution in [3.63, 3.8) is 0 Å². The van der Waals surface area contributed by atoms with Crippen LogP contribution >= 0.6 is 0 Å². The van der Waals surface area contributed by atoms with E-state index in [1.165, 1.54) is 0 Å². The minimum Gasteiger partial charge on any atom is -0.370 e. The molecule has 4 heteroatoms. The average molecular weight is 325 g/mol. The number of ether oxygens (including phenoxy) is 2. The van der Waals surface area contributed by atoms with Gasteiger partial charge in [-0.25, -0.2) is 0 Å². The molecule has 1 aliphatic heterocycles. The zero-order valence-corrected chi connectivity index (χ0v) is 13.7. The van der Waals surface area contributed by atoms with Gasteiger partial charge in [0.15, 0.2) is 5.79 Å². The first kappa shape index (κ1) is 16.7. The fourth-order valence-corrected chi connectivity index (χ4v) is 3.20. The van der Waals surface area contributed by atoms with E-state index in [-0.39, 0.29) is 18.4 Å². The van der Waals surface area contributed by atoms with E-state index in [9.17, 15) is 4.79 Å². The molecule has 24 heavy (non-hydrogen) atoms. The van der Waals surface area contributed by atoms with Crippen LogP contribution < -0.4 is 5.73 Å². The third-order valence-corrected chi connectivity index (χ3v) is 4.25. The second kappa shape index (κ2) is 7.60. The normalized spacial score (nSPS) is 19.8. The second-order valence-electron chi connectivity index (χ2n) is 6.28. The first-order valence-corrected chi connectivity index (χ1v) is 8.33. The summed E-state index contributed by atoms with van der Waals surface area (Å²) in [7, 11) is 0. The molecule has 1 unspecified atom stereocenters. The Balaban J connectivity index is 1.83. The van der Waals surface area contributed by atoms with E-state index in [0.717, 1.165) is 11.1 Å². The van der Waals surface area contributed by atoms with Crippen molar-refractivity contribution in [2.45, 2.75) is 37.6 Å². The summed E-state index contributed by atoms with van der Waals surface area (Å²) in [6.45, 7) is 0.567. The van der Waals surface area contributed by atoms with Gasteiger partial charge < -0.3 is 15.2 Å². The molecule has 1 heterocycles. The van der Waals surface area contributed by atoms with Crippen molar-refractivity contribution in [1.29, 1.82) is 0 Å². The standard InChI is InChI=1S/C20H23NO3/c21-19(22)13-18-11-12-23-20(24-18,14-16-7-3-1-4-8-16)15-17-9-5-2-6-10-17/h1-10,18H,11-15H2,(H2,21,22). The number of amides is 1. The van der Waals surface area contributed by atoms with Crippen LogP contribution in [0.15, 0.2) is 60.7 Å². The molecular formula is C20H23NO3. The second-order valence-corrected chi connectivity index (χ2v) is 6.28. The van der Waals surface area contributed by atoms with Crippen LogP contribution in [0.3, 0.4) is 0 Å². The number of rotatable bonds is 6. The zero-order valence-electron chi connectivity index (χ0n) is 13.7. The molecule has 0 bridgehead atoms. The summed E-state index contributed by atoms with van der Waals surface area (Å²) in [6, 6.07) is 20.3. The Morgan fingerprint density at radius 3 is 2.04 bits per heavy atom. The maximum Gasteiger partial charge on any atom is 0.220 e. The summed E-state index contributed by atoms with van der Waals surface area (Å²) in [5.41, 5.74) is 7.65. The fourth-order valence-electron chi connectivity index (χ4n) is 3.20. The number of nitrogens with two attached hydrogens (primary N) is 1. The van der Waals surface area contributed by atoms with Crippen LogP contribution in [-0.2, 0) is 27.1 Å². The van der Waals surface area contributed by atoms with Gasteiger partial charge in [0, 0.05) is 12.8 Å². The van der Waals surface area contributed by atoms with Gasteiger partial charge in [-0.15, -0.1) is 0 Å². The van der Waals surface area contributed by atoms with Crippen LogP contribution in [-0.4, -0.2) is 24.4 Å². The van der Waals surface area contributed by atoms with Gasteiger partial charge in [-0.2, -0.15) is 0 Å². The zero-order chi connectivity index (χ0) is 16.8. The number of carbonyl (C=O) groups is 1. The first-order valence-electron chi connectivity index (χ1n) is 8.33. The number of hydrogen-bond acceptors (Lipinski definition) is 3. The van der Waals surface area contributed by atoms with E-state index in [4.69, 9.17) is 15.2 Å². The molecule has 2 aromatic rings. The van der Waals surface area contributed by atoms with Crippen LogP contribution in [0.2, 0.25) is 0 Å². The lowest BCUT2D eigenvalue weighted by Gasteiger charge is -2.41. The van der Waals surface area contributed by atoms with Crippen molar-refractivity contribution >= 4 is 5.91 Å². The monoisotopic (exact) mass is 325 g/mol. The van der Waals surface area contributed by atoms with Crippen LogP contribution in [0, 0.1) is 0 Å². The van der Waals surface area contributed by atoms with Crippen molar-refractivity contribution in [3.8, 4) is 0 Å². The summed E-state index contributed by atoms with van der Waals surface area (Å²) in [4.78, 5) is 11.3. The van der Waals surface area contributed by atoms with Crippen LogP contribution in [0.4, 0.5) is 0 Å². The van der Waals surface area contributed by atoms with E-state index in [0.29, 0.717) is 25.9 Å². The number of hydrogen-bond donors (Lipinski definition) is 1. The van der Waals surface area contributed by atoms with E-state index in [1.807, 2.05) is 36.4 Å². The van der Waals surface area contributed by atoms with Crippen molar-refractivity contribution in [2.24, 2.45) is 5.73 Å². The lowest BCUT2D eigenvalue weighted by atomic mass is 9.95. The summed E-state index contributed by atoms with van der Waals surface area (Å²) in [6.07, 6.45) is 2.00. The van der Waals surface area contributed by atoms with Gasteiger partial charge >= 0.3 is 0 Å². The third-order valence-electron chi connectivity index (χ3n) is 4.25. The minimum atomic E-state index is -0.763. The number of carbonyl (C=O) groups excluding carboxylic acids is 1. The van der Waals surface area contributed by atoms with Crippen molar-refractivity contribution in [1.82, 2.24) is 0 Å². The van der Waals surface area contributed by atoms with Gasteiger partial charge in [-0.05, 0) is 17.5 Å². The molecule has 4 nitrogen and oxygen atoms in total. The molecular weight excluding hydrogens is 302 g/mol. The Hall–Kier alpha value is -2.17. The maximum atomic E-state index is 11.3. The van der Waals surface area contributed by atoms with Crippen LogP contribution in [0.5, 0.6) is 0 Å². The van der Waals surface area contributed by atoms with Gasteiger partial charge in [0.05, 0.1) is 19.1 Å². The van der Waals surface area contributed by atoms with Crippen molar-refractivity contribution < 1.29 is 14.3 Å². The Morgan fingerprint density at radius 1 is 1.00 bits per heavy atom. The molecule has 1 saturated heterocycles. The Labute approximate surface area is 142 Å². The summed E-state index contributed by atoms with van der Waals surface area (Å²) in [5, 5.41) is 0. The van der Waals surface area contributed by atoms with Gasteiger partial charge in [0.1, 0.15) is 0 Å². The summed E-state index contributed by atoms with van der Waals surface area (Å²) < 4.78 is 12.4. The molecule has 0 saturated carbocycles. The quantitative estimate of drug-likeness (QED) is 0.888. The highest BCUT2D eigenvalue weighted by Gasteiger charge is 2.39. The number of primary amides is 1. The van der Waals surface area contributed by atoms with E-state index in [2.05, 4.69) is 24.3 Å². The average Bonchev–Trinajstić information content (AvgIpc) is 2.56. The van der Waals surface area contributed by atoms with E-state index >= 15 is 0 Å². The molecule has 1 atom stereocenters. The molecule has 1 amide bonds. The van der Waals surface area contributed by atoms with Gasteiger partial charge in [-0.3, -0.25) is 4.79 Å². The van der Waals surface area contributed by atoms with E-state index < -0.39 is 5.79 Å². The molecule has 126 valence electrons. The van der Waals surface area contributed by atoms with E-state index in [1.54, 1.807) is 0 Å². The third kappa shape index (κ3) is 4.43. The molecule has 2 aromatic carbocycles. The minimum absolute atomic E-state index is 0.191. The Bertz CT molecular complexity index is 616. The van der Waals surface area contributed by atoms with Gasteiger partial charge in [-0.1, -0.05) is 60.7 Å². The summed E-state index contributed by atoms with van der Waals surface area (Å²) >= 11 is 0. The Morgan fingerprint density at radius 2 is 1.54 bits per heavy atom. The molecule has 3 rings (SSSR count). The first-order chi connectivity index (χ1) is 11.7. The van der Waals surface area contributed by atoms with Crippen molar-refractivity contribution in [2.75, 3.05) is 6.61 Å². The molecule has 2 N–H and O–H groups in total. The molecule has 1 aliphatic rings. The largest absolute Gasteiger partial charge is 0.370 e. The maximum absolute atomic E-state index is 11.3. The van der Waals surface area contributed by atoms with Gasteiger partial charge in [0.25, 0.3) is 0 Å². The highest BCUT2D eigenvalue weighted by Crippen LogP contribution is 2.31. The SMILES string of the molecule is NC(=O)CC1CCOC(Cc2ccccc2)(Cc2ccccc2)O1.